The van der Waals surface area contributed by atoms with E-state index in [-0.39, 0.29) is 12.2 Å². The van der Waals surface area contributed by atoms with E-state index in [0.29, 0.717) is 19.1 Å². The average molecular weight is 307 g/mol. The smallest absolute Gasteiger partial charge is 0.122 e. The lowest BCUT2D eigenvalue weighted by Crippen LogP contribution is -2.48. The highest BCUT2D eigenvalue weighted by Crippen LogP contribution is 2.25. The van der Waals surface area contributed by atoms with Crippen LogP contribution in [0.5, 0.6) is 5.75 Å². The van der Waals surface area contributed by atoms with Gasteiger partial charge in [-0.3, -0.25) is 4.90 Å². The van der Waals surface area contributed by atoms with Crippen LogP contribution in [0.4, 0.5) is 0 Å². The van der Waals surface area contributed by atoms with Gasteiger partial charge in [0.15, 0.2) is 0 Å². The molecule has 0 unspecified atom stereocenters. The van der Waals surface area contributed by atoms with Crippen molar-refractivity contribution in [3.8, 4) is 5.75 Å². The Morgan fingerprint density at radius 3 is 2.50 bits per heavy atom. The van der Waals surface area contributed by atoms with E-state index in [1.54, 1.807) is 0 Å². The summed E-state index contributed by atoms with van der Waals surface area (Å²) >= 11 is 0. The van der Waals surface area contributed by atoms with Crippen LogP contribution in [0.25, 0.3) is 0 Å². The van der Waals surface area contributed by atoms with Gasteiger partial charge in [-0.1, -0.05) is 32.0 Å². The van der Waals surface area contributed by atoms with Crippen molar-refractivity contribution in [1.29, 1.82) is 0 Å². The highest BCUT2D eigenvalue weighted by atomic mass is 16.5. The van der Waals surface area contributed by atoms with Crippen LogP contribution in [-0.4, -0.2) is 54.6 Å². The predicted octanol–water partition coefficient (Wildman–Crippen LogP) is 2.66. The summed E-state index contributed by atoms with van der Waals surface area (Å²) in [5, 5.41) is 10.3. The molecule has 0 amide bonds. The zero-order valence-corrected chi connectivity index (χ0v) is 14.2. The van der Waals surface area contributed by atoms with Crippen molar-refractivity contribution in [2.45, 2.75) is 51.9 Å². The molecule has 22 heavy (non-hydrogen) atoms. The molecule has 0 aliphatic carbocycles. The molecule has 4 nitrogen and oxygen atoms in total. The number of para-hydroxylation sites is 1. The normalized spacial score (nSPS) is 24.5. The van der Waals surface area contributed by atoms with Crippen molar-refractivity contribution in [3.05, 3.63) is 29.8 Å². The van der Waals surface area contributed by atoms with E-state index < -0.39 is 6.10 Å². The highest BCUT2D eigenvalue weighted by molar-refractivity contribution is 5.35. The lowest BCUT2D eigenvalue weighted by molar-refractivity contribution is -0.0787. The van der Waals surface area contributed by atoms with Crippen molar-refractivity contribution >= 4 is 0 Å². The third kappa shape index (κ3) is 4.97. The van der Waals surface area contributed by atoms with Crippen molar-refractivity contribution in [3.63, 3.8) is 0 Å². The van der Waals surface area contributed by atoms with Crippen LogP contribution in [0.1, 0.15) is 39.2 Å². The zero-order chi connectivity index (χ0) is 16.1. The number of ether oxygens (including phenoxy) is 2. The van der Waals surface area contributed by atoms with E-state index in [0.717, 1.165) is 18.8 Å². The first-order valence-electron chi connectivity index (χ1n) is 8.23. The largest absolute Gasteiger partial charge is 0.491 e. The minimum absolute atomic E-state index is 0.221. The molecule has 0 aromatic heterocycles. The first-order chi connectivity index (χ1) is 10.5. The quantitative estimate of drug-likeness (QED) is 0.877. The summed E-state index contributed by atoms with van der Waals surface area (Å²) in [7, 11) is 0. The molecular formula is C18H29NO3. The summed E-state index contributed by atoms with van der Waals surface area (Å²) in [6, 6.07) is 8.05. The molecule has 1 heterocycles. The van der Waals surface area contributed by atoms with E-state index in [1.807, 2.05) is 18.2 Å². The van der Waals surface area contributed by atoms with Gasteiger partial charge in [-0.15, -0.1) is 0 Å². The number of hydrogen-bond donors (Lipinski definition) is 1. The maximum Gasteiger partial charge on any atom is 0.122 e. The van der Waals surface area contributed by atoms with E-state index in [4.69, 9.17) is 9.47 Å². The van der Waals surface area contributed by atoms with E-state index >= 15 is 0 Å². The fraction of sp³-hybridized carbons (Fsp3) is 0.667. The Morgan fingerprint density at radius 1 is 1.23 bits per heavy atom. The van der Waals surface area contributed by atoms with Crippen molar-refractivity contribution in [2.75, 3.05) is 26.2 Å². The molecule has 0 bridgehead atoms. The summed E-state index contributed by atoms with van der Waals surface area (Å²) in [4.78, 5) is 2.25. The van der Waals surface area contributed by atoms with Gasteiger partial charge in [0.25, 0.3) is 0 Å². The SMILES string of the molecule is CC(C)c1ccccc1OC[C@H](O)CN1C[C@@H](C)O[C@H](C)C1. The molecular weight excluding hydrogens is 278 g/mol. The maximum absolute atomic E-state index is 10.3. The van der Waals surface area contributed by atoms with Gasteiger partial charge >= 0.3 is 0 Å². The second-order valence-corrected chi connectivity index (χ2v) is 6.63. The van der Waals surface area contributed by atoms with Gasteiger partial charge in [0, 0.05) is 19.6 Å². The van der Waals surface area contributed by atoms with Crippen LogP contribution in [-0.2, 0) is 4.74 Å². The molecule has 0 radical (unpaired) electrons. The lowest BCUT2D eigenvalue weighted by Gasteiger charge is -2.36. The first kappa shape index (κ1) is 17.3. The molecule has 1 aliphatic heterocycles. The number of hydrogen-bond acceptors (Lipinski definition) is 4. The van der Waals surface area contributed by atoms with E-state index in [2.05, 4.69) is 38.7 Å². The maximum atomic E-state index is 10.3. The Labute approximate surface area is 134 Å². The van der Waals surface area contributed by atoms with Gasteiger partial charge in [0.2, 0.25) is 0 Å². The van der Waals surface area contributed by atoms with E-state index in [1.165, 1.54) is 5.56 Å². The number of aliphatic hydroxyl groups is 1. The first-order valence-corrected chi connectivity index (χ1v) is 8.23. The third-order valence-electron chi connectivity index (χ3n) is 3.94. The number of aliphatic hydroxyl groups excluding tert-OH is 1. The molecule has 2 rings (SSSR count). The van der Waals surface area contributed by atoms with Crippen molar-refractivity contribution in [2.24, 2.45) is 0 Å². The molecule has 3 atom stereocenters. The third-order valence-corrected chi connectivity index (χ3v) is 3.94. The zero-order valence-electron chi connectivity index (χ0n) is 14.2. The molecule has 1 aromatic carbocycles. The number of β-amino-alcohol motifs (C(OH)–C–C–N with tert-alkyl or cyclic N) is 1. The van der Waals surface area contributed by atoms with Crippen LogP contribution in [0.3, 0.4) is 0 Å². The summed E-state index contributed by atoms with van der Waals surface area (Å²) in [6.07, 6.45) is -0.0465. The lowest BCUT2D eigenvalue weighted by atomic mass is 10.0. The molecule has 1 aromatic rings. The van der Waals surface area contributed by atoms with Gasteiger partial charge in [0.05, 0.1) is 12.2 Å². The standard InChI is InChI=1S/C18H29NO3/c1-13(2)17-7-5-6-8-18(17)21-12-16(20)11-19-9-14(3)22-15(4)10-19/h5-8,13-16,20H,9-12H2,1-4H3/t14-,15-,16-/m1/s1. The predicted molar refractivity (Wildman–Crippen MR) is 88.5 cm³/mol. The van der Waals surface area contributed by atoms with Gasteiger partial charge in [-0.05, 0) is 31.4 Å². The minimum Gasteiger partial charge on any atom is -0.491 e. The molecule has 124 valence electrons. The van der Waals surface area contributed by atoms with Crippen molar-refractivity contribution < 1.29 is 14.6 Å². The summed E-state index contributed by atoms with van der Waals surface area (Å²) in [5.74, 6) is 1.29. The van der Waals surface area contributed by atoms with Gasteiger partial charge in [-0.25, -0.2) is 0 Å². The van der Waals surface area contributed by atoms with Crippen LogP contribution < -0.4 is 4.74 Å². The molecule has 1 fully saturated rings. The highest BCUT2D eigenvalue weighted by Gasteiger charge is 2.24. The van der Waals surface area contributed by atoms with E-state index in [9.17, 15) is 5.11 Å². The fourth-order valence-electron chi connectivity index (χ4n) is 3.06. The second kappa shape index (κ2) is 7.95. The van der Waals surface area contributed by atoms with Gasteiger partial charge in [0.1, 0.15) is 18.5 Å². The average Bonchev–Trinajstić information content (AvgIpc) is 2.44. The van der Waals surface area contributed by atoms with Crippen LogP contribution in [0, 0.1) is 0 Å². The Hall–Kier alpha value is -1.10. The molecule has 1 N–H and O–H groups in total. The monoisotopic (exact) mass is 307 g/mol. The number of rotatable bonds is 6. The summed E-state index contributed by atoms with van der Waals surface area (Å²) in [5.41, 5.74) is 1.18. The summed E-state index contributed by atoms with van der Waals surface area (Å²) in [6.45, 7) is 11.1. The molecule has 0 spiro atoms. The molecule has 1 saturated heterocycles. The summed E-state index contributed by atoms with van der Waals surface area (Å²) < 4.78 is 11.6. The van der Waals surface area contributed by atoms with Crippen LogP contribution >= 0.6 is 0 Å². The van der Waals surface area contributed by atoms with Gasteiger partial charge < -0.3 is 14.6 Å². The second-order valence-electron chi connectivity index (χ2n) is 6.63. The molecule has 1 aliphatic rings. The number of benzene rings is 1. The van der Waals surface area contributed by atoms with Crippen LogP contribution in [0.2, 0.25) is 0 Å². The Morgan fingerprint density at radius 2 is 1.86 bits per heavy atom. The Bertz CT molecular complexity index is 453. The Balaban J connectivity index is 1.84. The molecule has 0 saturated carbocycles. The van der Waals surface area contributed by atoms with Gasteiger partial charge in [-0.2, -0.15) is 0 Å². The van der Waals surface area contributed by atoms with Crippen LogP contribution in [0.15, 0.2) is 24.3 Å². The number of nitrogens with zero attached hydrogens (tertiary/aromatic N) is 1. The molecule has 4 heteroatoms. The van der Waals surface area contributed by atoms with Crippen molar-refractivity contribution in [1.82, 2.24) is 4.90 Å². The fourth-order valence-corrected chi connectivity index (χ4v) is 3.06. The minimum atomic E-state index is -0.488. The Kier molecular flexibility index (Phi) is 6.24. The topological polar surface area (TPSA) is 41.9 Å². The number of morpholine rings is 1.